The first-order chi connectivity index (χ1) is 14.5. The molecule has 1 aliphatic carbocycles. The fourth-order valence-electron chi connectivity index (χ4n) is 3.68. The third kappa shape index (κ3) is 3.79. The summed E-state index contributed by atoms with van der Waals surface area (Å²) in [6.07, 6.45) is 3.08. The van der Waals surface area contributed by atoms with Crippen molar-refractivity contribution in [3.05, 3.63) is 39.0 Å². The number of ether oxygens (including phenoxy) is 2. The molecule has 0 spiro atoms. The SMILES string of the molecule is CCn1c(SCC(=O)Nc2cc(OC)ccc2OC)nc2sc3c(c2c1=O)CCC3. The highest BCUT2D eigenvalue weighted by atomic mass is 32.2. The van der Waals surface area contributed by atoms with Crippen LogP contribution in [0.3, 0.4) is 0 Å². The lowest BCUT2D eigenvalue weighted by atomic mass is 10.2. The van der Waals surface area contributed by atoms with Gasteiger partial charge in [0.05, 0.1) is 31.0 Å². The molecule has 1 aromatic carbocycles. The predicted molar refractivity (Wildman–Crippen MR) is 120 cm³/mol. The second kappa shape index (κ2) is 8.69. The summed E-state index contributed by atoms with van der Waals surface area (Å²) in [6, 6.07) is 5.21. The molecule has 1 aliphatic rings. The Balaban J connectivity index is 1.55. The first-order valence-corrected chi connectivity index (χ1v) is 11.6. The largest absolute Gasteiger partial charge is 0.497 e. The summed E-state index contributed by atoms with van der Waals surface area (Å²) < 4.78 is 12.2. The van der Waals surface area contributed by atoms with Crippen molar-refractivity contribution in [3.63, 3.8) is 0 Å². The summed E-state index contributed by atoms with van der Waals surface area (Å²) in [4.78, 5) is 32.4. The minimum absolute atomic E-state index is 0.000673. The normalized spacial score (nSPS) is 12.8. The number of hydrogen-bond donors (Lipinski definition) is 1. The maximum absolute atomic E-state index is 13.1. The van der Waals surface area contributed by atoms with Crippen LogP contribution < -0.4 is 20.3 Å². The van der Waals surface area contributed by atoms with Crippen molar-refractivity contribution in [3.8, 4) is 11.5 Å². The smallest absolute Gasteiger partial charge is 0.263 e. The first-order valence-electron chi connectivity index (χ1n) is 9.75. The third-order valence-corrected chi connectivity index (χ3v) is 7.28. The highest BCUT2D eigenvalue weighted by Gasteiger charge is 2.23. The van der Waals surface area contributed by atoms with Crippen molar-refractivity contribution in [2.75, 3.05) is 25.3 Å². The van der Waals surface area contributed by atoms with E-state index >= 15 is 0 Å². The molecule has 0 saturated heterocycles. The zero-order chi connectivity index (χ0) is 21.3. The van der Waals surface area contributed by atoms with E-state index in [1.807, 2.05) is 6.92 Å². The van der Waals surface area contributed by atoms with Gasteiger partial charge in [0, 0.05) is 17.5 Å². The van der Waals surface area contributed by atoms with E-state index in [0.717, 1.165) is 29.5 Å². The molecule has 2 aromatic heterocycles. The van der Waals surface area contributed by atoms with E-state index in [-0.39, 0.29) is 17.2 Å². The Kier molecular flexibility index (Phi) is 6.01. The molecule has 0 bridgehead atoms. The van der Waals surface area contributed by atoms with Gasteiger partial charge in [0.2, 0.25) is 5.91 Å². The van der Waals surface area contributed by atoms with Crippen LogP contribution in [0, 0.1) is 0 Å². The maximum Gasteiger partial charge on any atom is 0.263 e. The summed E-state index contributed by atoms with van der Waals surface area (Å²) in [7, 11) is 3.11. The maximum atomic E-state index is 13.1. The molecule has 0 aliphatic heterocycles. The summed E-state index contributed by atoms with van der Waals surface area (Å²) in [5.41, 5.74) is 1.71. The molecule has 9 heteroatoms. The topological polar surface area (TPSA) is 82.5 Å². The molecule has 0 fully saturated rings. The van der Waals surface area contributed by atoms with Gasteiger partial charge in [-0.05, 0) is 43.9 Å². The Morgan fingerprint density at radius 3 is 2.87 bits per heavy atom. The van der Waals surface area contributed by atoms with Gasteiger partial charge in [0.1, 0.15) is 16.3 Å². The number of nitrogens with one attached hydrogen (secondary N) is 1. The molecule has 0 saturated carbocycles. The molecule has 7 nitrogen and oxygen atoms in total. The quantitative estimate of drug-likeness (QED) is 0.441. The summed E-state index contributed by atoms with van der Waals surface area (Å²) in [5, 5.41) is 4.19. The summed E-state index contributed by atoms with van der Waals surface area (Å²) in [6.45, 7) is 2.44. The lowest BCUT2D eigenvalue weighted by molar-refractivity contribution is -0.113. The van der Waals surface area contributed by atoms with Gasteiger partial charge >= 0.3 is 0 Å². The third-order valence-electron chi connectivity index (χ3n) is 5.12. The van der Waals surface area contributed by atoms with Crippen LogP contribution in [-0.2, 0) is 24.2 Å². The second-order valence-electron chi connectivity index (χ2n) is 6.88. The van der Waals surface area contributed by atoms with Gasteiger partial charge < -0.3 is 14.8 Å². The number of aromatic nitrogens is 2. The van der Waals surface area contributed by atoms with Crippen LogP contribution in [0.25, 0.3) is 10.2 Å². The number of aryl methyl sites for hydroxylation is 2. The molecule has 1 N–H and O–H groups in total. The van der Waals surface area contributed by atoms with E-state index in [9.17, 15) is 9.59 Å². The van der Waals surface area contributed by atoms with Gasteiger partial charge in [0.15, 0.2) is 5.16 Å². The van der Waals surface area contributed by atoms with Crippen LogP contribution in [0.4, 0.5) is 5.69 Å². The minimum atomic E-state index is -0.211. The Morgan fingerprint density at radius 2 is 2.13 bits per heavy atom. The van der Waals surface area contributed by atoms with Crippen molar-refractivity contribution >= 4 is 44.9 Å². The van der Waals surface area contributed by atoms with Gasteiger partial charge in [-0.2, -0.15) is 0 Å². The number of anilines is 1. The van der Waals surface area contributed by atoms with E-state index < -0.39 is 0 Å². The Hall–Kier alpha value is -2.52. The van der Waals surface area contributed by atoms with Crippen LogP contribution in [0.15, 0.2) is 28.2 Å². The van der Waals surface area contributed by atoms with Crippen molar-refractivity contribution in [1.29, 1.82) is 0 Å². The van der Waals surface area contributed by atoms with E-state index in [0.29, 0.717) is 28.9 Å². The Labute approximate surface area is 182 Å². The van der Waals surface area contributed by atoms with Crippen LogP contribution in [-0.4, -0.2) is 35.4 Å². The molecule has 4 rings (SSSR count). The number of fused-ring (bicyclic) bond motifs is 3. The van der Waals surface area contributed by atoms with Crippen LogP contribution in [0.2, 0.25) is 0 Å². The number of thioether (sulfide) groups is 1. The molecule has 2 heterocycles. The Bertz CT molecular complexity index is 1170. The zero-order valence-electron chi connectivity index (χ0n) is 17.1. The van der Waals surface area contributed by atoms with Crippen molar-refractivity contribution in [1.82, 2.24) is 9.55 Å². The average molecular weight is 446 g/mol. The number of carbonyl (C=O) groups excluding carboxylic acids is 1. The molecular formula is C21H23N3O4S2. The van der Waals surface area contributed by atoms with Crippen molar-refractivity contribution < 1.29 is 14.3 Å². The number of rotatable bonds is 7. The fraction of sp³-hybridized carbons (Fsp3) is 0.381. The number of nitrogens with zero attached hydrogens (tertiary/aromatic N) is 2. The number of benzene rings is 1. The van der Waals surface area contributed by atoms with Crippen molar-refractivity contribution in [2.24, 2.45) is 0 Å². The number of carbonyl (C=O) groups is 1. The number of methoxy groups -OCH3 is 2. The van der Waals surface area contributed by atoms with Crippen LogP contribution in [0.1, 0.15) is 23.8 Å². The average Bonchev–Trinajstić information content (AvgIpc) is 3.33. The lowest BCUT2D eigenvalue weighted by Gasteiger charge is -2.13. The fourth-order valence-corrected chi connectivity index (χ4v) is 5.84. The van der Waals surface area contributed by atoms with E-state index in [4.69, 9.17) is 14.5 Å². The predicted octanol–water partition coefficient (Wildman–Crippen LogP) is 3.71. The van der Waals surface area contributed by atoms with E-state index in [2.05, 4.69) is 5.32 Å². The number of hydrogen-bond acceptors (Lipinski definition) is 7. The highest BCUT2D eigenvalue weighted by Crippen LogP contribution is 2.35. The second-order valence-corrected chi connectivity index (χ2v) is 8.91. The standard InChI is InChI=1S/C21H23N3O4S2/c1-4-24-20(26)18-13-6-5-7-16(13)30-19(18)23-21(24)29-11-17(25)22-14-10-12(27-2)8-9-15(14)28-3/h8-10H,4-7,11H2,1-3H3,(H,22,25). The van der Waals surface area contributed by atoms with Gasteiger partial charge in [0.25, 0.3) is 5.56 Å². The molecule has 0 radical (unpaired) electrons. The van der Waals surface area contributed by atoms with Gasteiger partial charge in [-0.15, -0.1) is 11.3 Å². The number of amides is 1. The molecule has 30 heavy (non-hydrogen) atoms. The minimum Gasteiger partial charge on any atom is -0.497 e. The molecule has 0 atom stereocenters. The van der Waals surface area contributed by atoms with Gasteiger partial charge in [-0.3, -0.25) is 14.2 Å². The van der Waals surface area contributed by atoms with E-state index in [1.165, 1.54) is 22.2 Å². The molecule has 0 unspecified atom stereocenters. The van der Waals surface area contributed by atoms with Gasteiger partial charge in [-0.25, -0.2) is 4.98 Å². The van der Waals surface area contributed by atoms with Crippen LogP contribution in [0.5, 0.6) is 11.5 Å². The highest BCUT2D eigenvalue weighted by molar-refractivity contribution is 7.99. The number of thiophene rings is 1. The van der Waals surface area contributed by atoms with Crippen molar-refractivity contribution in [2.45, 2.75) is 37.9 Å². The summed E-state index contributed by atoms with van der Waals surface area (Å²) in [5.74, 6) is 1.09. The van der Waals surface area contributed by atoms with Gasteiger partial charge in [-0.1, -0.05) is 11.8 Å². The molecule has 1 amide bonds. The molecule has 3 aromatic rings. The first kappa shape index (κ1) is 20.7. The van der Waals surface area contributed by atoms with Crippen LogP contribution >= 0.6 is 23.1 Å². The lowest BCUT2D eigenvalue weighted by Crippen LogP contribution is -2.23. The molecular weight excluding hydrogens is 422 g/mol. The monoisotopic (exact) mass is 445 g/mol. The van der Waals surface area contributed by atoms with E-state index in [1.54, 1.807) is 48.3 Å². The Morgan fingerprint density at radius 1 is 1.30 bits per heavy atom. The zero-order valence-corrected chi connectivity index (χ0v) is 18.7. The molecule has 158 valence electrons. The summed E-state index contributed by atoms with van der Waals surface area (Å²) >= 11 is 2.88.